The van der Waals surface area contributed by atoms with Crippen LogP contribution in [0.1, 0.15) is 27.5 Å². The maximum Gasteiger partial charge on any atom is 0.416 e. The lowest BCUT2D eigenvalue weighted by molar-refractivity contribution is -0.137. The normalized spacial score (nSPS) is 20.4. The van der Waals surface area contributed by atoms with Gasteiger partial charge in [-0.15, -0.1) is 0 Å². The Labute approximate surface area is 238 Å². The number of benzene rings is 3. The van der Waals surface area contributed by atoms with E-state index in [0.29, 0.717) is 26.2 Å². The van der Waals surface area contributed by atoms with Gasteiger partial charge in [-0.05, 0) is 42.0 Å². The predicted molar refractivity (Wildman–Crippen MR) is 146 cm³/mol. The summed E-state index contributed by atoms with van der Waals surface area (Å²) < 4.78 is 46.4. The van der Waals surface area contributed by atoms with Gasteiger partial charge in [0.1, 0.15) is 17.6 Å². The summed E-state index contributed by atoms with van der Waals surface area (Å²) in [6, 6.07) is 18.3. The van der Waals surface area contributed by atoms with Crippen LogP contribution in [0.15, 0.2) is 82.6 Å². The van der Waals surface area contributed by atoms with Crippen molar-refractivity contribution in [1.29, 1.82) is 0 Å². The van der Waals surface area contributed by atoms with E-state index in [9.17, 15) is 27.6 Å². The van der Waals surface area contributed by atoms with Gasteiger partial charge in [-0.25, -0.2) is 4.90 Å². The molecule has 0 radical (unpaired) electrons. The third kappa shape index (κ3) is 4.71. The number of rotatable bonds is 5. The third-order valence-corrected chi connectivity index (χ3v) is 9.43. The first-order valence-electron chi connectivity index (χ1n) is 12.0. The first kappa shape index (κ1) is 26.7. The summed E-state index contributed by atoms with van der Waals surface area (Å²) in [7, 11) is 0. The number of aromatic amines is 1. The van der Waals surface area contributed by atoms with Crippen LogP contribution in [0.5, 0.6) is 5.75 Å². The van der Waals surface area contributed by atoms with Crippen molar-refractivity contribution in [1.82, 2.24) is 4.98 Å². The van der Waals surface area contributed by atoms with Gasteiger partial charge in [0.15, 0.2) is 0 Å². The summed E-state index contributed by atoms with van der Waals surface area (Å²) in [6.07, 6.45) is -4.64. The fourth-order valence-corrected chi connectivity index (χ4v) is 7.80. The van der Waals surface area contributed by atoms with Crippen LogP contribution < -0.4 is 14.5 Å². The van der Waals surface area contributed by atoms with Crippen LogP contribution in [0.3, 0.4) is 0 Å². The molecule has 1 fully saturated rings. The first-order valence-corrected chi connectivity index (χ1v) is 14.1. The maximum atomic E-state index is 13.9. The molecule has 4 aromatic rings. The highest BCUT2D eigenvalue weighted by molar-refractivity contribution is 8.00. The minimum Gasteiger partial charge on any atom is -0.489 e. The van der Waals surface area contributed by atoms with Crippen LogP contribution in [0.25, 0.3) is 0 Å². The lowest BCUT2D eigenvalue weighted by Crippen LogP contribution is -2.32. The number of hydrogen-bond donors (Lipinski definition) is 1. The lowest BCUT2D eigenvalue weighted by Gasteiger charge is -2.30. The number of nitrogens with one attached hydrogen (secondary N) is 1. The molecule has 3 atom stereocenters. The Balaban J connectivity index is 1.42. The van der Waals surface area contributed by atoms with Crippen LogP contribution in [0.2, 0.25) is 5.02 Å². The van der Waals surface area contributed by atoms with E-state index < -0.39 is 40.6 Å². The SMILES string of the molecule is O=C1C2Sc3[nH]c(=O)sc3C(c3ccccc3OCc3cccc(Cl)c3)C2C(=O)N1c1cccc(C(F)(F)F)c1. The molecule has 6 rings (SSSR count). The zero-order valence-electron chi connectivity index (χ0n) is 20.3. The molecule has 3 unspecified atom stereocenters. The summed E-state index contributed by atoms with van der Waals surface area (Å²) in [5.41, 5.74) is 0.284. The first-order chi connectivity index (χ1) is 19.1. The summed E-state index contributed by atoms with van der Waals surface area (Å²) in [5.74, 6) is -2.54. The van der Waals surface area contributed by atoms with Crippen LogP contribution in [-0.4, -0.2) is 22.0 Å². The van der Waals surface area contributed by atoms with Crippen LogP contribution >= 0.6 is 34.7 Å². The number of thioether (sulfide) groups is 1. The van der Waals surface area contributed by atoms with Gasteiger partial charge in [-0.3, -0.25) is 14.4 Å². The van der Waals surface area contributed by atoms with Gasteiger partial charge >= 0.3 is 11.0 Å². The Hall–Kier alpha value is -3.54. The second kappa shape index (κ2) is 10.1. The Bertz CT molecular complexity index is 1700. The van der Waals surface area contributed by atoms with Gasteiger partial charge in [-0.1, -0.05) is 71.1 Å². The molecule has 12 heteroatoms. The van der Waals surface area contributed by atoms with E-state index in [1.165, 1.54) is 12.1 Å². The van der Waals surface area contributed by atoms with E-state index in [0.717, 1.165) is 45.7 Å². The molecule has 0 aliphatic carbocycles. The van der Waals surface area contributed by atoms with Crippen molar-refractivity contribution < 1.29 is 27.5 Å². The molecule has 3 aromatic carbocycles. The zero-order chi connectivity index (χ0) is 28.2. The van der Waals surface area contributed by atoms with Crippen LogP contribution in [-0.2, 0) is 22.4 Å². The molecule has 3 heterocycles. The average Bonchev–Trinajstić information content (AvgIpc) is 3.41. The van der Waals surface area contributed by atoms with Gasteiger partial charge in [0, 0.05) is 21.4 Å². The molecule has 0 bridgehead atoms. The summed E-state index contributed by atoms with van der Waals surface area (Å²) >= 11 is 8.09. The number of carbonyl (C=O) groups excluding carboxylic acids is 2. The Kier molecular flexibility index (Phi) is 6.76. The maximum absolute atomic E-state index is 13.9. The largest absolute Gasteiger partial charge is 0.489 e. The standard InChI is InChI=1S/C28H18ClF3N2O4S2/c29-16-7-3-5-14(11-16)13-38-19-10-2-1-9-18(19)20-21-23(39-24-22(20)40-27(37)33-24)26(36)34(25(21)35)17-8-4-6-15(12-17)28(30,31)32/h1-12,20-21,23H,13H2,(H,33,37). The van der Waals surface area contributed by atoms with E-state index in [4.69, 9.17) is 16.3 Å². The smallest absolute Gasteiger partial charge is 0.416 e. The lowest BCUT2D eigenvalue weighted by atomic mass is 9.82. The van der Waals surface area contributed by atoms with Crippen molar-refractivity contribution in [3.63, 3.8) is 0 Å². The van der Waals surface area contributed by atoms with Crippen molar-refractivity contribution in [3.05, 3.63) is 109 Å². The molecule has 2 aliphatic heterocycles. The molecule has 2 aliphatic rings. The number of aromatic nitrogens is 1. The van der Waals surface area contributed by atoms with Crippen molar-refractivity contribution in [2.75, 3.05) is 4.90 Å². The second-order valence-electron chi connectivity index (χ2n) is 9.27. The van der Waals surface area contributed by atoms with Crippen LogP contribution in [0.4, 0.5) is 18.9 Å². The highest BCUT2D eigenvalue weighted by Crippen LogP contribution is 2.54. The fraction of sp³-hybridized carbons (Fsp3) is 0.179. The number of ether oxygens (including phenoxy) is 1. The van der Waals surface area contributed by atoms with Gasteiger partial charge in [0.05, 0.1) is 22.2 Å². The fourth-order valence-electron chi connectivity index (χ4n) is 5.08. The number of anilines is 1. The molecule has 1 N–H and O–H groups in total. The highest BCUT2D eigenvalue weighted by atomic mass is 35.5. The monoisotopic (exact) mass is 602 g/mol. The van der Waals surface area contributed by atoms with E-state index in [-0.39, 0.29) is 17.2 Å². The topological polar surface area (TPSA) is 79.5 Å². The van der Waals surface area contributed by atoms with Crippen molar-refractivity contribution in [2.45, 2.75) is 29.0 Å². The molecule has 204 valence electrons. The molecule has 40 heavy (non-hydrogen) atoms. The number of thiazole rings is 1. The van der Waals surface area contributed by atoms with E-state index in [1.54, 1.807) is 42.5 Å². The van der Waals surface area contributed by atoms with E-state index >= 15 is 0 Å². The zero-order valence-corrected chi connectivity index (χ0v) is 22.7. The van der Waals surface area contributed by atoms with Gasteiger partial charge < -0.3 is 9.72 Å². The minimum absolute atomic E-state index is 0.152. The van der Waals surface area contributed by atoms with Crippen molar-refractivity contribution in [3.8, 4) is 5.75 Å². The number of amides is 2. The molecule has 2 amide bonds. The number of alkyl halides is 3. The number of imide groups is 1. The van der Waals surface area contributed by atoms with Crippen molar-refractivity contribution >= 4 is 52.2 Å². The third-order valence-electron chi connectivity index (χ3n) is 6.79. The van der Waals surface area contributed by atoms with Gasteiger partial charge in [0.2, 0.25) is 11.8 Å². The number of fused-ring (bicyclic) bond motifs is 2. The number of para-hydroxylation sites is 1. The molecule has 0 saturated carbocycles. The Morgan fingerprint density at radius 2 is 1.73 bits per heavy atom. The van der Waals surface area contributed by atoms with E-state index in [2.05, 4.69) is 4.98 Å². The van der Waals surface area contributed by atoms with E-state index in [1.807, 2.05) is 6.07 Å². The van der Waals surface area contributed by atoms with Crippen molar-refractivity contribution in [2.24, 2.45) is 5.92 Å². The predicted octanol–water partition coefficient (Wildman–Crippen LogP) is 6.48. The number of halogens is 4. The molecule has 1 aromatic heterocycles. The number of hydrogen-bond acceptors (Lipinski definition) is 6. The number of H-pyrrole nitrogens is 1. The average molecular weight is 603 g/mol. The second-order valence-corrected chi connectivity index (χ2v) is 11.9. The summed E-state index contributed by atoms with van der Waals surface area (Å²) in [6.45, 7) is 0.173. The molecule has 6 nitrogen and oxygen atoms in total. The Morgan fingerprint density at radius 1 is 0.950 bits per heavy atom. The molecule has 0 spiro atoms. The summed E-state index contributed by atoms with van der Waals surface area (Å²) in [4.78, 5) is 43.7. The molecular formula is C28H18ClF3N2O4S2. The molecule has 1 saturated heterocycles. The minimum atomic E-state index is -4.64. The summed E-state index contributed by atoms with van der Waals surface area (Å²) in [5, 5.41) is 0.0525. The van der Waals surface area contributed by atoms with Gasteiger partial charge in [0.25, 0.3) is 0 Å². The van der Waals surface area contributed by atoms with Gasteiger partial charge in [-0.2, -0.15) is 13.2 Å². The highest BCUT2D eigenvalue weighted by Gasteiger charge is 2.57. The molecular weight excluding hydrogens is 585 g/mol. The quantitative estimate of drug-likeness (QED) is 0.264. The van der Waals surface area contributed by atoms with Crippen LogP contribution in [0, 0.1) is 5.92 Å². The number of nitrogens with zero attached hydrogens (tertiary/aromatic N) is 1. The Morgan fingerprint density at radius 3 is 2.50 bits per heavy atom. The number of carbonyl (C=O) groups is 2.